The Balaban J connectivity index is 1.95. The predicted molar refractivity (Wildman–Crippen MR) is 118 cm³/mol. The number of aromatic nitrogens is 1. The predicted octanol–water partition coefficient (Wildman–Crippen LogP) is 5.84. The summed E-state index contributed by atoms with van der Waals surface area (Å²) < 4.78 is 0.818. The maximum atomic E-state index is 12.9. The molecule has 0 radical (unpaired) electrons. The van der Waals surface area contributed by atoms with E-state index in [-0.39, 0.29) is 16.4 Å². The van der Waals surface area contributed by atoms with Crippen molar-refractivity contribution in [2.75, 3.05) is 4.90 Å². The lowest BCUT2D eigenvalue weighted by Crippen LogP contribution is -2.29. The van der Waals surface area contributed by atoms with Crippen molar-refractivity contribution in [2.24, 2.45) is 0 Å². The van der Waals surface area contributed by atoms with E-state index in [1.165, 1.54) is 16.2 Å². The normalized spacial score (nSPS) is 18.4. The van der Waals surface area contributed by atoms with Crippen LogP contribution < -0.4 is 4.90 Å². The number of aliphatic hydroxyl groups excluding tert-OH is 1. The van der Waals surface area contributed by atoms with Crippen LogP contribution in [0.5, 0.6) is 0 Å². The van der Waals surface area contributed by atoms with Crippen LogP contribution in [0.3, 0.4) is 0 Å². The van der Waals surface area contributed by atoms with E-state index < -0.39 is 17.7 Å². The zero-order chi connectivity index (χ0) is 20.7. The molecule has 0 saturated carbocycles. The molecular weight excluding hydrogens is 499 g/mol. The van der Waals surface area contributed by atoms with Gasteiger partial charge < -0.3 is 5.11 Å². The molecule has 0 unspecified atom stereocenters. The van der Waals surface area contributed by atoms with E-state index in [9.17, 15) is 14.7 Å². The number of hydrogen-bond donors (Lipinski definition) is 1. The fourth-order valence-electron chi connectivity index (χ4n) is 3.13. The number of thiazole rings is 1. The third-order valence-corrected chi connectivity index (χ3v) is 6.49. The molecule has 1 N–H and O–H groups in total. The molecule has 0 bridgehead atoms. The Labute approximate surface area is 188 Å². The molecule has 2 aromatic carbocycles. The zero-order valence-corrected chi connectivity index (χ0v) is 18.4. The standard InChI is InChI=1S/C20H11BrCl2N2O3S/c21-12-4-1-10(2-5-12)17(26)15-16(11-3-6-13(22)14(23)9-11)25(19(28)18(15)27)20-24-7-8-29-20/h1-9,16,26H/t16-/m1/s1. The molecular formula is C20H11BrCl2N2O3S. The highest BCUT2D eigenvalue weighted by Crippen LogP contribution is 2.43. The topological polar surface area (TPSA) is 70.5 Å². The Morgan fingerprint density at radius 3 is 2.45 bits per heavy atom. The number of benzene rings is 2. The van der Waals surface area contributed by atoms with Gasteiger partial charge in [0.05, 0.1) is 21.7 Å². The van der Waals surface area contributed by atoms with Gasteiger partial charge in [0.15, 0.2) is 5.13 Å². The molecule has 1 atom stereocenters. The number of ketones is 1. The van der Waals surface area contributed by atoms with Gasteiger partial charge in [-0.2, -0.15) is 0 Å². The first-order chi connectivity index (χ1) is 13.9. The number of aliphatic hydroxyl groups is 1. The molecule has 0 spiro atoms. The van der Waals surface area contributed by atoms with Crippen molar-refractivity contribution in [1.29, 1.82) is 0 Å². The van der Waals surface area contributed by atoms with Crippen LogP contribution in [0.25, 0.3) is 5.76 Å². The third-order valence-electron chi connectivity index (χ3n) is 4.45. The van der Waals surface area contributed by atoms with Gasteiger partial charge in [0.1, 0.15) is 5.76 Å². The average molecular weight is 510 g/mol. The van der Waals surface area contributed by atoms with Crippen molar-refractivity contribution in [3.63, 3.8) is 0 Å². The number of carbonyl (C=O) groups is 2. The molecule has 3 aromatic rings. The van der Waals surface area contributed by atoms with Crippen LogP contribution in [-0.4, -0.2) is 21.8 Å². The number of halogens is 3. The highest BCUT2D eigenvalue weighted by Gasteiger charge is 2.48. The van der Waals surface area contributed by atoms with Gasteiger partial charge in [-0.15, -0.1) is 11.3 Å². The van der Waals surface area contributed by atoms with Crippen molar-refractivity contribution < 1.29 is 14.7 Å². The Kier molecular flexibility index (Phi) is 5.48. The second kappa shape index (κ2) is 7.91. The Morgan fingerprint density at radius 1 is 1.10 bits per heavy atom. The van der Waals surface area contributed by atoms with Crippen LogP contribution in [-0.2, 0) is 9.59 Å². The van der Waals surface area contributed by atoms with Crippen LogP contribution in [0.15, 0.2) is 64.1 Å². The maximum Gasteiger partial charge on any atom is 0.301 e. The summed E-state index contributed by atoms with van der Waals surface area (Å²) in [5.41, 5.74) is 0.911. The van der Waals surface area contributed by atoms with Gasteiger partial charge in [-0.05, 0) is 29.8 Å². The Morgan fingerprint density at radius 2 is 1.83 bits per heavy atom. The van der Waals surface area contributed by atoms with Crippen LogP contribution >= 0.6 is 50.5 Å². The number of rotatable bonds is 3. The first kappa shape index (κ1) is 20.1. The monoisotopic (exact) mass is 508 g/mol. The van der Waals surface area contributed by atoms with Crippen LogP contribution in [0.2, 0.25) is 10.0 Å². The summed E-state index contributed by atoms with van der Waals surface area (Å²) >= 11 is 16.8. The molecule has 1 amide bonds. The van der Waals surface area contributed by atoms with Crippen molar-refractivity contribution in [2.45, 2.75) is 6.04 Å². The van der Waals surface area contributed by atoms with Gasteiger partial charge in [-0.25, -0.2) is 4.98 Å². The number of hydrogen-bond acceptors (Lipinski definition) is 5. The van der Waals surface area contributed by atoms with Gasteiger partial charge >= 0.3 is 5.91 Å². The summed E-state index contributed by atoms with van der Waals surface area (Å²) in [5, 5.41) is 13.6. The lowest BCUT2D eigenvalue weighted by molar-refractivity contribution is -0.132. The minimum atomic E-state index is -0.889. The smallest absolute Gasteiger partial charge is 0.301 e. The molecule has 4 rings (SSSR count). The highest BCUT2D eigenvalue weighted by atomic mass is 79.9. The van der Waals surface area contributed by atoms with E-state index in [2.05, 4.69) is 20.9 Å². The van der Waals surface area contributed by atoms with E-state index in [0.29, 0.717) is 21.3 Å². The van der Waals surface area contributed by atoms with Crippen LogP contribution in [0, 0.1) is 0 Å². The highest BCUT2D eigenvalue weighted by molar-refractivity contribution is 9.10. The van der Waals surface area contributed by atoms with Crippen molar-refractivity contribution in [1.82, 2.24) is 4.98 Å². The number of amides is 1. The molecule has 1 aliphatic rings. The fourth-order valence-corrected chi connectivity index (χ4v) is 4.36. The van der Waals surface area contributed by atoms with Gasteiger partial charge in [0, 0.05) is 21.6 Å². The molecule has 1 aliphatic heterocycles. The van der Waals surface area contributed by atoms with E-state index in [0.717, 1.165) is 4.47 Å². The van der Waals surface area contributed by atoms with E-state index in [4.69, 9.17) is 23.2 Å². The molecule has 5 nitrogen and oxygen atoms in total. The van der Waals surface area contributed by atoms with Crippen molar-refractivity contribution >= 4 is 73.0 Å². The van der Waals surface area contributed by atoms with E-state index in [1.807, 2.05) is 0 Å². The molecule has 29 heavy (non-hydrogen) atoms. The van der Waals surface area contributed by atoms with Gasteiger partial charge in [0.25, 0.3) is 5.78 Å². The van der Waals surface area contributed by atoms with Gasteiger partial charge in [-0.1, -0.05) is 57.3 Å². The van der Waals surface area contributed by atoms with E-state index in [1.54, 1.807) is 54.0 Å². The van der Waals surface area contributed by atoms with Crippen molar-refractivity contribution in [3.8, 4) is 0 Å². The summed E-state index contributed by atoms with van der Waals surface area (Å²) in [5.74, 6) is -1.84. The molecule has 2 heterocycles. The van der Waals surface area contributed by atoms with E-state index >= 15 is 0 Å². The number of anilines is 1. The maximum absolute atomic E-state index is 12.9. The summed E-state index contributed by atoms with van der Waals surface area (Å²) in [4.78, 5) is 31.3. The molecule has 0 aliphatic carbocycles. The lowest BCUT2D eigenvalue weighted by Gasteiger charge is -2.23. The minimum Gasteiger partial charge on any atom is -0.507 e. The SMILES string of the molecule is O=C1C(=O)N(c2nccs2)[C@H](c2ccc(Cl)c(Cl)c2)C1=C(O)c1ccc(Br)cc1. The second-order valence-corrected chi connectivity index (χ2v) is 8.77. The summed E-state index contributed by atoms with van der Waals surface area (Å²) in [6, 6.07) is 10.7. The third kappa shape index (κ3) is 3.59. The first-order valence-electron chi connectivity index (χ1n) is 8.30. The zero-order valence-electron chi connectivity index (χ0n) is 14.5. The average Bonchev–Trinajstić information content (AvgIpc) is 3.31. The number of carbonyl (C=O) groups excluding carboxylic acids is 2. The summed E-state index contributed by atoms with van der Waals surface area (Å²) in [7, 11) is 0. The molecule has 9 heteroatoms. The molecule has 1 saturated heterocycles. The lowest BCUT2D eigenvalue weighted by atomic mass is 9.95. The van der Waals surface area contributed by atoms with Gasteiger partial charge in [0.2, 0.25) is 0 Å². The number of nitrogens with zero attached hydrogens (tertiary/aromatic N) is 2. The molecule has 1 aromatic heterocycles. The second-order valence-electron chi connectivity index (χ2n) is 6.16. The minimum absolute atomic E-state index is 0.0362. The Bertz CT molecular complexity index is 1150. The first-order valence-corrected chi connectivity index (χ1v) is 10.7. The number of Topliss-reactive ketones (excluding diaryl/α,β-unsaturated/α-hetero) is 1. The molecule has 1 fully saturated rings. The Hall–Kier alpha value is -2.19. The fraction of sp³-hybridized carbons (Fsp3) is 0.0500. The van der Waals surface area contributed by atoms with Crippen LogP contribution in [0.1, 0.15) is 17.2 Å². The van der Waals surface area contributed by atoms with Crippen molar-refractivity contribution in [3.05, 3.63) is 85.3 Å². The molecule has 146 valence electrons. The van der Waals surface area contributed by atoms with Gasteiger partial charge in [-0.3, -0.25) is 14.5 Å². The van der Waals surface area contributed by atoms with Crippen LogP contribution in [0.4, 0.5) is 5.13 Å². The summed E-state index contributed by atoms with van der Waals surface area (Å²) in [6.45, 7) is 0. The quantitative estimate of drug-likeness (QED) is 0.273. The summed E-state index contributed by atoms with van der Waals surface area (Å²) in [6.07, 6.45) is 1.54. The largest absolute Gasteiger partial charge is 0.507 e.